The highest BCUT2D eigenvalue weighted by Gasteiger charge is 2.44. The Bertz CT molecular complexity index is 595. The number of nitrogens with zero attached hydrogens (tertiary/aromatic N) is 1. The number of imide groups is 1. The van der Waals surface area contributed by atoms with Crippen LogP contribution in [0.25, 0.3) is 0 Å². The molecular weight excluding hydrogens is 272 g/mol. The highest BCUT2D eigenvalue weighted by atomic mass is 16.5. The van der Waals surface area contributed by atoms with E-state index in [-0.39, 0.29) is 6.54 Å². The Morgan fingerprint density at radius 2 is 2.00 bits per heavy atom. The summed E-state index contributed by atoms with van der Waals surface area (Å²) < 4.78 is 5.44. The number of hydrogen-bond acceptors (Lipinski definition) is 4. The third-order valence-electron chi connectivity index (χ3n) is 3.45. The van der Waals surface area contributed by atoms with Crippen molar-refractivity contribution in [3.05, 3.63) is 29.8 Å². The van der Waals surface area contributed by atoms with E-state index in [4.69, 9.17) is 4.74 Å². The van der Waals surface area contributed by atoms with Gasteiger partial charge in [-0.25, -0.2) is 0 Å². The van der Waals surface area contributed by atoms with Gasteiger partial charge in [0.15, 0.2) is 0 Å². The fraction of sp³-hybridized carbons (Fsp3) is 0.400. The molecule has 1 heterocycles. The van der Waals surface area contributed by atoms with Gasteiger partial charge in [-0.1, -0.05) is 12.1 Å². The van der Waals surface area contributed by atoms with Gasteiger partial charge in [0, 0.05) is 0 Å². The minimum atomic E-state index is -1.09. The molecule has 2 rings (SSSR count). The minimum absolute atomic E-state index is 0.155. The number of para-hydroxylation sites is 1. The van der Waals surface area contributed by atoms with E-state index in [0.717, 1.165) is 0 Å². The number of piperazine rings is 1. The lowest BCUT2D eigenvalue weighted by atomic mass is 9.97. The monoisotopic (exact) mass is 290 g/mol. The van der Waals surface area contributed by atoms with Crippen molar-refractivity contribution in [1.82, 2.24) is 10.2 Å². The lowest BCUT2D eigenvalue weighted by Crippen LogP contribution is -2.65. The second-order valence-electron chi connectivity index (χ2n) is 5.26. The fourth-order valence-electron chi connectivity index (χ4n) is 2.18. The summed E-state index contributed by atoms with van der Waals surface area (Å²) >= 11 is 0. The predicted octanol–water partition coefficient (Wildman–Crippen LogP) is 0.962. The predicted molar refractivity (Wildman–Crippen MR) is 75.9 cm³/mol. The van der Waals surface area contributed by atoms with Gasteiger partial charge in [0.2, 0.25) is 5.91 Å². The van der Waals surface area contributed by atoms with Crippen molar-refractivity contribution in [2.45, 2.75) is 26.3 Å². The summed E-state index contributed by atoms with van der Waals surface area (Å²) in [4.78, 5) is 37.5. The van der Waals surface area contributed by atoms with Crippen molar-refractivity contribution in [2.24, 2.45) is 0 Å². The Kier molecular flexibility index (Phi) is 3.97. The van der Waals surface area contributed by atoms with Crippen LogP contribution >= 0.6 is 0 Å². The third kappa shape index (κ3) is 2.74. The maximum atomic E-state index is 12.7. The molecular formula is C15H18N2O4. The van der Waals surface area contributed by atoms with Crippen molar-refractivity contribution in [1.29, 1.82) is 0 Å². The third-order valence-corrected chi connectivity index (χ3v) is 3.45. The van der Waals surface area contributed by atoms with E-state index in [9.17, 15) is 14.4 Å². The minimum Gasteiger partial charge on any atom is -0.493 e. The second-order valence-corrected chi connectivity index (χ2v) is 5.26. The Morgan fingerprint density at radius 3 is 2.67 bits per heavy atom. The molecule has 0 radical (unpaired) electrons. The summed E-state index contributed by atoms with van der Waals surface area (Å²) in [6.45, 7) is 5.31. The number of amides is 3. The normalized spacial score (nSPS) is 17.4. The zero-order valence-corrected chi connectivity index (χ0v) is 12.3. The zero-order valence-electron chi connectivity index (χ0n) is 12.3. The maximum Gasteiger partial charge on any atom is 0.258 e. The molecule has 21 heavy (non-hydrogen) atoms. The van der Waals surface area contributed by atoms with Crippen LogP contribution < -0.4 is 10.1 Å². The number of carbonyl (C=O) groups is 3. The van der Waals surface area contributed by atoms with Gasteiger partial charge in [-0.15, -0.1) is 0 Å². The molecule has 1 aromatic carbocycles. The van der Waals surface area contributed by atoms with Gasteiger partial charge in [0.25, 0.3) is 11.8 Å². The number of hydrogen-bond donors (Lipinski definition) is 1. The molecule has 0 aliphatic carbocycles. The molecule has 6 nitrogen and oxygen atoms in total. The van der Waals surface area contributed by atoms with Crippen LogP contribution in [0.4, 0.5) is 0 Å². The van der Waals surface area contributed by atoms with E-state index < -0.39 is 23.3 Å². The first-order chi connectivity index (χ1) is 9.87. The van der Waals surface area contributed by atoms with Crippen molar-refractivity contribution in [3.63, 3.8) is 0 Å². The molecule has 1 aliphatic heterocycles. The quantitative estimate of drug-likeness (QED) is 0.841. The lowest BCUT2D eigenvalue weighted by Gasteiger charge is -2.40. The zero-order chi connectivity index (χ0) is 15.6. The van der Waals surface area contributed by atoms with Crippen LogP contribution in [0, 0.1) is 0 Å². The first kappa shape index (κ1) is 15.0. The van der Waals surface area contributed by atoms with Crippen LogP contribution in [0.5, 0.6) is 5.75 Å². The van der Waals surface area contributed by atoms with Gasteiger partial charge in [0.05, 0.1) is 12.2 Å². The van der Waals surface area contributed by atoms with Crippen molar-refractivity contribution < 1.29 is 19.1 Å². The molecule has 1 aromatic rings. The fourth-order valence-corrected chi connectivity index (χ4v) is 2.18. The van der Waals surface area contributed by atoms with Crippen LogP contribution in [0.2, 0.25) is 0 Å². The molecule has 6 heteroatoms. The van der Waals surface area contributed by atoms with E-state index in [1.807, 2.05) is 6.92 Å². The van der Waals surface area contributed by atoms with Crippen LogP contribution in [0.3, 0.4) is 0 Å². The summed E-state index contributed by atoms with van der Waals surface area (Å²) in [6.07, 6.45) is 0. The summed E-state index contributed by atoms with van der Waals surface area (Å²) in [7, 11) is 0. The molecule has 1 aliphatic rings. The van der Waals surface area contributed by atoms with Crippen LogP contribution in [0.15, 0.2) is 24.3 Å². The molecule has 0 bridgehead atoms. The average Bonchev–Trinajstić information content (AvgIpc) is 2.43. The highest BCUT2D eigenvalue weighted by Crippen LogP contribution is 2.25. The van der Waals surface area contributed by atoms with Crippen LogP contribution in [-0.2, 0) is 9.59 Å². The Labute approximate surface area is 123 Å². The summed E-state index contributed by atoms with van der Waals surface area (Å²) in [5, 5.41) is 2.24. The van der Waals surface area contributed by atoms with Gasteiger partial charge in [-0.05, 0) is 32.9 Å². The summed E-state index contributed by atoms with van der Waals surface area (Å²) in [5.41, 5.74) is -0.750. The summed E-state index contributed by atoms with van der Waals surface area (Å²) in [5.74, 6) is -0.922. The molecule has 0 saturated carbocycles. The van der Waals surface area contributed by atoms with Crippen LogP contribution in [-0.4, -0.2) is 41.3 Å². The summed E-state index contributed by atoms with van der Waals surface area (Å²) in [6, 6.07) is 6.80. The average molecular weight is 290 g/mol. The maximum absolute atomic E-state index is 12.7. The number of ether oxygens (including phenoxy) is 1. The Balaban J connectivity index is 2.39. The largest absolute Gasteiger partial charge is 0.493 e. The molecule has 1 fully saturated rings. The van der Waals surface area contributed by atoms with E-state index in [0.29, 0.717) is 17.9 Å². The first-order valence-corrected chi connectivity index (χ1v) is 6.76. The topological polar surface area (TPSA) is 75.7 Å². The molecule has 1 N–H and O–H groups in total. The van der Waals surface area contributed by atoms with Gasteiger partial charge >= 0.3 is 0 Å². The molecule has 0 spiro atoms. The molecule has 1 saturated heterocycles. The smallest absolute Gasteiger partial charge is 0.258 e. The Hall–Kier alpha value is -2.37. The number of benzene rings is 1. The molecule has 112 valence electrons. The van der Waals surface area contributed by atoms with E-state index >= 15 is 0 Å². The Morgan fingerprint density at radius 1 is 1.33 bits per heavy atom. The van der Waals surface area contributed by atoms with Gasteiger partial charge in [-0.2, -0.15) is 0 Å². The highest BCUT2D eigenvalue weighted by molar-refractivity contribution is 6.09. The molecule has 0 aromatic heterocycles. The van der Waals surface area contributed by atoms with Gasteiger partial charge in [0.1, 0.15) is 17.8 Å². The lowest BCUT2D eigenvalue weighted by molar-refractivity contribution is -0.143. The first-order valence-electron chi connectivity index (χ1n) is 6.76. The van der Waals surface area contributed by atoms with Crippen molar-refractivity contribution in [3.8, 4) is 5.75 Å². The molecule has 0 atom stereocenters. The second kappa shape index (κ2) is 5.55. The standard InChI is InChI=1S/C15H18N2O4/c1-4-21-11-8-6-5-7-10(11)13(19)17-9-12(18)16-14(20)15(17,2)3/h5-8H,4,9H2,1-3H3,(H,16,18,20). The van der Waals surface area contributed by atoms with Crippen LogP contribution in [0.1, 0.15) is 31.1 Å². The molecule has 3 amide bonds. The number of rotatable bonds is 3. The van der Waals surface area contributed by atoms with Gasteiger partial charge < -0.3 is 9.64 Å². The van der Waals surface area contributed by atoms with E-state index in [1.165, 1.54) is 4.90 Å². The van der Waals surface area contributed by atoms with E-state index in [2.05, 4.69) is 5.32 Å². The van der Waals surface area contributed by atoms with Gasteiger partial charge in [-0.3, -0.25) is 19.7 Å². The number of carbonyl (C=O) groups excluding carboxylic acids is 3. The molecule has 0 unspecified atom stereocenters. The SMILES string of the molecule is CCOc1ccccc1C(=O)N1CC(=O)NC(=O)C1(C)C. The van der Waals surface area contributed by atoms with E-state index in [1.54, 1.807) is 38.1 Å². The number of nitrogens with one attached hydrogen (secondary N) is 1. The van der Waals surface area contributed by atoms with Crippen molar-refractivity contribution in [2.75, 3.05) is 13.2 Å². The van der Waals surface area contributed by atoms with Crippen molar-refractivity contribution >= 4 is 17.7 Å².